The minimum Gasteiger partial charge on any atom is -0.423 e. The molecule has 1 aromatic heterocycles. The zero-order valence-corrected chi connectivity index (χ0v) is 20.6. The van der Waals surface area contributed by atoms with Crippen LogP contribution in [0.2, 0.25) is 5.02 Å². The van der Waals surface area contributed by atoms with Gasteiger partial charge in [-0.05, 0) is 70.9 Å². The lowest BCUT2D eigenvalue weighted by Crippen LogP contribution is -2.16. The lowest BCUT2D eigenvalue weighted by Gasteiger charge is -2.32. The number of aliphatic hydroxyl groups excluding tert-OH is 1. The van der Waals surface area contributed by atoms with Crippen LogP contribution in [0, 0.1) is 5.92 Å². The van der Waals surface area contributed by atoms with Gasteiger partial charge in [-0.1, -0.05) is 61.0 Å². The SMILES string of the molecule is C=CC(=O)Oc1ccccc1/C(=C(/c1ccc(CO)cc1Cl)C1CCC1)c1ccc2scnc2c1. The topological polar surface area (TPSA) is 59.4 Å². The van der Waals surface area contributed by atoms with E-state index in [1.165, 1.54) is 6.08 Å². The molecule has 4 aromatic rings. The number of para-hydroxylation sites is 1. The molecule has 0 aliphatic heterocycles. The number of carbonyl (C=O) groups is 1. The number of halogens is 1. The molecule has 1 N–H and O–H groups in total. The van der Waals surface area contributed by atoms with E-state index in [0.717, 1.165) is 62.9 Å². The van der Waals surface area contributed by atoms with Crippen molar-refractivity contribution in [2.45, 2.75) is 25.9 Å². The number of thiazole rings is 1. The largest absolute Gasteiger partial charge is 0.423 e. The number of benzene rings is 3. The second-order valence-corrected chi connectivity index (χ2v) is 9.84. The van der Waals surface area contributed by atoms with Gasteiger partial charge >= 0.3 is 5.97 Å². The summed E-state index contributed by atoms with van der Waals surface area (Å²) < 4.78 is 6.79. The second kappa shape index (κ2) is 10.2. The maximum Gasteiger partial charge on any atom is 0.335 e. The Kier molecular flexibility index (Phi) is 6.82. The summed E-state index contributed by atoms with van der Waals surface area (Å²) in [5.74, 6) is 0.254. The van der Waals surface area contributed by atoms with Gasteiger partial charge in [0.2, 0.25) is 0 Å². The van der Waals surface area contributed by atoms with Crippen molar-refractivity contribution in [2.24, 2.45) is 5.92 Å². The Bertz CT molecular complexity index is 1450. The lowest BCUT2D eigenvalue weighted by molar-refractivity contribution is -0.128. The Labute approximate surface area is 213 Å². The number of allylic oxidation sites excluding steroid dienone is 1. The van der Waals surface area contributed by atoms with Crippen LogP contribution in [0.1, 0.15) is 41.5 Å². The van der Waals surface area contributed by atoms with Crippen molar-refractivity contribution >= 4 is 50.3 Å². The van der Waals surface area contributed by atoms with Gasteiger partial charge in [0.25, 0.3) is 0 Å². The van der Waals surface area contributed by atoms with Crippen LogP contribution in [0.25, 0.3) is 21.4 Å². The molecule has 0 radical (unpaired) electrons. The van der Waals surface area contributed by atoms with Crippen LogP contribution in [-0.2, 0) is 11.4 Å². The van der Waals surface area contributed by atoms with Crippen molar-refractivity contribution in [3.63, 3.8) is 0 Å². The maximum absolute atomic E-state index is 12.2. The van der Waals surface area contributed by atoms with Gasteiger partial charge < -0.3 is 9.84 Å². The normalized spacial score (nSPS) is 14.3. The minimum absolute atomic E-state index is 0.0732. The van der Waals surface area contributed by atoms with Crippen LogP contribution in [0.4, 0.5) is 0 Å². The smallest absolute Gasteiger partial charge is 0.335 e. The van der Waals surface area contributed by atoms with E-state index in [-0.39, 0.29) is 6.61 Å². The molecular formula is C29H24ClNO3S. The highest BCUT2D eigenvalue weighted by Gasteiger charge is 2.30. The summed E-state index contributed by atoms with van der Waals surface area (Å²) in [4.78, 5) is 16.7. The fourth-order valence-corrected chi connectivity index (χ4v) is 5.48. The molecule has 5 rings (SSSR count). The Hall–Kier alpha value is -3.25. The van der Waals surface area contributed by atoms with E-state index in [1.54, 1.807) is 17.4 Å². The number of ether oxygens (including phenoxy) is 1. The highest BCUT2D eigenvalue weighted by atomic mass is 35.5. The summed E-state index contributed by atoms with van der Waals surface area (Å²) in [5, 5.41) is 10.2. The first kappa shape index (κ1) is 23.5. The van der Waals surface area contributed by atoms with Crippen molar-refractivity contribution in [1.29, 1.82) is 0 Å². The van der Waals surface area contributed by atoms with Gasteiger partial charge in [0, 0.05) is 16.7 Å². The molecule has 0 saturated heterocycles. The van der Waals surface area contributed by atoms with Crippen LogP contribution in [0.3, 0.4) is 0 Å². The average molecular weight is 502 g/mol. The summed E-state index contributed by atoms with van der Waals surface area (Å²) in [7, 11) is 0. The minimum atomic E-state index is -0.512. The van der Waals surface area contributed by atoms with Crippen LogP contribution in [-0.4, -0.2) is 16.1 Å². The lowest BCUT2D eigenvalue weighted by atomic mass is 9.73. The Morgan fingerprint density at radius 1 is 1.14 bits per heavy atom. The Morgan fingerprint density at radius 3 is 2.69 bits per heavy atom. The van der Waals surface area contributed by atoms with Crippen LogP contribution < -0.4 is 4.74 Å². The molecule has 0 unspecified atom stereocenters. The van der Waals surface area contributed by atoms with Crippen LogP contribution in [0.15, 0.2) is 78.8 Å². The number of hydrogen-bond acceptors (Lipinski definition) is 5. The summed E-state index contributed by atoms with van der Waals surface area (Å²) in [6.07, 6.45) is 4.40. The third kappa shape index (κ3) is 4.67. The first-order valence-electron chi connectivity index (χ1n) is 11.5. The number of nitrogens with zero attached hydrogens (tertiary/aromatic N) is 1. The van der Waals surface area contributed by atoms with Gasteiger partial charge in [0.15, 0.2) is 0 Å². The van der Waals surface area contributed by atoms with E-state index in [4.69, 9.17) is 16.3 Å². The molecule has 1 saturated carbocycles. The number of aliphatic hydroxyl groups is 1. The van der Waals surface area contributed by atoms with E-state index < -0.39 is 5.97 Å². The zero-order chi connectivity index (χ0) is 24.4. The van der Waals surface area contributed by atoms with Gasteiger partial charge in [-0.3, -0.25) is 0 Å². The van der Waals surface area contributed by atoms with Crippen molar-refractivity contribution in [3.8, 4) is 5.75 Å². The average Bonchev–Trinajstić information content (AvgIpc) is 3.31. The maximum atomic E-state index is 12.2. The number of rotatable bonds is 7. The van der Waals surface area contributed by atoms with E-state index in [0.29, 0.717) is 16.7 Å². The van der Waals surface area contributed by atoms with Crippen molar-refractivity contribution < 1.29 is 14.6 Å². The predicted octanol–water partition coefficient (Wildman–Crippen LogP) is 7.29. The van der Waals surface area contributed by atoms with Crippen LogP contribution in [0.5, 0.6) is 5.75 Å². The standard InChI is InChI=1S/C29H24ClNO3S/c1-2-27(33)34-25-9-4-3-8-22(25)29(20-11-13-26-24(15-20)31-17-35-26)28(19-6-5-7-19)21-12-10-18(16-32)14-23(21)30/h2-4,8-15,17,19,32H,1,5-7,16H2/b29-28+. The van der Waals surface area contributed by atoms with E-state index in [1.807, 2.05) is 41.9 Å². The molecule has 0 atom stereocenters. The first-order chi connectivity index (χ1) is 17.1. The molecule has 0 amide bonds. The number of hydrogen-bond donors (Lipinski definition) is 1. The number of aromatic nitrogens is 1. The molecule has 4 nitrogen and oxygen atoms in total. The third-order valence-corrected chi connectivity index (χ3v) is 7.56. The van der Waals surface area contributed by atoms with Crippen LogP contribution >= 0.6 is 22.9 Å². The molecule has 1 aliphatic rings. The third-order valence-electron chi connectivity index (χ3n) is 6.44. The summed E-state index contributed by atoms with van der Waals surface area (Å²) in [5.41, 5.74) is 8.31. The molecule has 6 heteroatoms. The predicted molar refractivity (Wildman–Crippen MR) is 143 cm³/mol. The Balaban J connectivity index is 1.83. The van der Waals surface area contributed by atoms with Crippen molar-refractivity contribution in [1.82, 2.24) is 4.98 Å². The summed E-state index contributed by atoms with van der Waals surface area (Å²) in [6, 6.07) is 19.5. The number of carbonyl (C=O) groups excluding carboxylic acids is 1. The molecule has 1 heterocycles. The fourth-order valence-electron chi connectivity index (χ4n) is 4.51. The molecular weight excluding hydrogens is 478 g/mol. The van der Waals surface area contributed by atoms with E-state index >= 15 is 0 Å². The molecule has 3 aromatic carbocycles. The van der Waals surface area contributed by atoms with Crippen molar-refractivity contribution in [2.75, 3.05) is 0 Å². The zero-order valence-electron chi connectivity index (χ0n) is 19.0. The van der Waals surface area contributed by atoms with E-state index in [2.05, 4.69) is 29.8 Å². The van der Waals surface area contributed by atoms with Gasteiger partial charge in [0.1, 0.15) is 5.75 Å². The summed E-state index contributed by atoms with van der Waals surface area (Å²) in [6.45, 7) is 3.47. The van der Waals surface area contributed by atoms with Gasteiger partial charge in [-0.2, -0.15) is 0 Å². The van der Waals surface area contributed by atoms with Crippen molar-refractivity contribution in [3.05, 3.63) is 106 Å². The van der Waals surface area contributed by atoms with E-state index in [9.17, 15) is 9.90 Å². The van der Waals surface area contributed by atoms with Gasteiger partial charge in [-0.25, -0.2) is 9.78 Å². The number of fused-ring (bicyclic) bond motifs is 1. The molecule has 1 fully saturated rings. The molecule has 1 aliphatic carbocycles. The molecule has 35 heavy (non-hydrogen) atoms. The van der Waals surface area contributed by atoms with Gasteiger partial charge in [0.05, 0.1) is 22.3 Å². The second-order valence-electron chi connectivity index (χ2n) is 8.55. The van der Waals surface area contributed by atoms with Gasteiger partial charge in [-0.15, -0.1) is 11.3 Å². The summed E-state index contributed by atoms with van der Waals surface area (Å²) >= 11 is 8.42. The quantitative estimate of drug-likeness (QED) is 0.125. The highest BCUT2D eigenvalue weighted by molar-refractivity contribution is 7.16. The first-order valence-corrected chi connectivity index (χ1v) is 12.8. The molecule has 176 valence electrons. The molecule has 0 spiro atoms. The number of esters is 1. The molecule has 0 bridgehead atoms. The highest BCUT2D eigenvalue weighted by Crippen LogP contribution is 2.48. The Morgan fingerprint density at radius 2 is 1.97 bits per heavy atom. The monoisotopic (exact) mass is 501 g/mol. The fraction of sp³-hybridized carbons (Fsp3) is 0.172.